The fourth-order valence-electron chi connectivity index (χ4n) is 1.77. The van der Waals surface area contributed by atoms with E-state index >= 15 is 0 Å². The highest BCUT2D eigenvalue weighted by Crippen LogP contribution is 2.27. The molecule has 88 valence electrons. The SMILES string of the molecule is COc1ccc(Br)c(NCC2CCOC2)c1. The zero-order chi connectivity index (χ0) is 11.4. The number of nitrogens with one attached hydrogen (secondary N) is 1. The molecule has 1 unspecified atom stereocenters. The van der Waals surface area contributed by atoms with E-state index in [0.717, 1.165) is 42.1 Å². The molecule has 0 amide bonds. The number of anilines is 1. The molecule has 1 heterocycles. The van der Waals surface area contributed by atoms with Crippen molar-refractivity contribution in [3.05, 3.63) is 22.7 Å². The first-order valence-corrected chi connectivity index (χ1v) is 6.24. The van der Waals surface area contributed by atoms with Crippen LogP contribution in [0.15, 0.2) is 22.7 Å². The minimum atomic E-state index is 0.623. The molecule has 0 radical (unpaired) electrons. The van der Waals surface area contributed by atoms with E-state index in [-0.39, 0.29) is 0 Å². The van der Waals surface area contributed by atoms with Crippen LogP contribution in [0.3, 0.4) is 0 Å². The molecule has 1 aromatic carbocycles. The summed E-state index contributed by atoms with van der Waals surface area (Å²) in [6.07, 6.45) is 1.15. The van der Waals surface area contributed by atoms with Crippen molar-refractivity contribution >= 4 is 21.6 Å². The van der Waals surface area contributed by atoms with Gasteiger partial charge >= 0.3 is 0 Å². The molecule has 0 spiro atoms. The summed E-state index contributed by atoms with van der Waals surface area (Å²) in [5.41, 5.74) is 1.08. The summed E-state index contributed by atoms with van der Waals surface area (Å²) >= 11 is 3.52. The molecule has 1 aliphatic heterocycles. The van der Waals surface area contributed by atoms with E-state index in [1.165, 1.54) is 0 Å². The van der Waals surface area contributed by atoms with Gasteiger partial charge in [0.05, 0.1) is 19.4 Å². The molecule has 1 fully saturated rings. The number of hydrogen-bond donors (Lipinski definition) is 1. The van der Waals surface area contributed by atoms with Crippen LogP contribution in [-0.2, 0) is 4.74 Å². The van der Waals surface area contributed by atoms with Crippen LogP contribution in [0, 0.1) is 5.92 Å². The van der Waals surface area contributed by atoms with Crippen LogP contribution >= 0.6 is 15.9 Å². The second kappa shape index (κ2) is 5.55. The molecule has 16 heavy (non-hydrogen) atoms. The van der Waals surface area contributed by atoms with E-state index in [4.69, 9.17) is 9.47 Å². The van der Waals surface area contributed by atoms with Gasteiger partial charge in [0, 0.05) is 29.6 Å². The van der Waals surface area contributed by atoms with Crippen LogP contribution in [0.4, 0.5) is 5.69 Å². The first-order chi connectivity index (χ1) is 7.79. The molecule has 1 aliphatic rings. The van der Waals surface area contributed by atoms with Gasteiger partial charge < -0.3 is 14.8 Å². The second-order valence-electron chi connectivity index (χ2n) is 3.96. The normalized spacial score (nSPS) is 19.8. The lowest BCUT2D eigenvalue weighted by atomic mass is 10.1. The molecule has 1 aromatic rings. The van der Waals surface area contributed by atoms with Crippen molar-refractivity contribution in [3.63, 3.8) is 0 Å². The molecule has 0 aliphatic carbocycles. The van der Waals surface area contributed by atoms with E-state index in [1.54, 1.807) is 7.11 Å². The zero-order valence-corrected chi connectivity index (χ0v) is 10.9. The molecule has 0 bridgehead atoms. The van der Waals surface area contributed by atoms with Gasteiger partial charge in [-0.05, 0) is 34.5 Å². The van der Waals surface area contributed by atoms with E-state index < -0.39 is 0 Å². The fraction of sp³-hybridized carbons (Fsp3) is 0.500. The van der Waals surface area contributed by atoms with Gasteiger partial charge in [0.15, 0.2) is 0 Å². The maximum atomic E-state index is 5.34. The molecule has 1 N–H and O–H groups in total. The summed E-state index contributed by atoms with van der Waals surface area (Å²) in [4.78, 5) is 0. The van der Waals surface area contributed by atoms with Crippen LogP contribution < -0.4 is 10.1 Å². The third-order valence-corrected chi connectivity index (χ3v) is 3.47. The lowest BCUT2D eigenvalue weighted by Gasteiger charge is -2.13. The van der Waals surface area contributed by atoms with Crippen molar-refractivity contribution in [2.75, 3.05) is 32.2 Å². The Labute approximate surface area is 104 Å². The van der Waals surface area contributed by atoms with Gasteiger partial charge in [0.2, 0.25) is 0 Å². The standard InChI is InChI=1S/C12H16BrNO2/c1-15-10-2-3-11(13)12(6-10)14-7-9-4-5-16-8-9/h2-3,6,9,14H,4-5,7-8H2,1H3. The highest BCUT2D eigenvalue weighted by molar-refractivity contribution is 9.10. The monoisotopic (exact) mass is 285 g/mol. The molecule has 2 rings (SSSR count). The van der Waals surface area contributed by atoms with E-state index in [1.807, 2.05) is 18.2 Å². The third-order valence-electron chi connectivity index (χ3n) is 2.78. The first-order valence-electron chi connectivity index (χ1n) is 5.45. The van der Waals surface area contributed by atoms with Gasteiger partial charge in [-0.3, -0.25) is 0 Å². The highest BCUT2D eigenvalue weighted by Gasteiger charge is 2.15. The third kappa shape index (κ3) is 2.89. The Morgan fingerprint density at radius 1 is 1.56 bits per heavy atom. The molecule has 0 aromatic heterocycles. The summed E-state index contributed by atoms with van der Waals surface area (Å²) in [7, 11) is 1.68. The number of benzene rings is 1. The quantitative estimate of drug-likeness (QED) is 0.923. The average molecular weight is 286 g/mol. The molecule has 1 atom stereocenters. The number of rotatable bonds is 4. The van der Waals surface area contributed by atoms with Crippen LogP contribution in [0.5, 0.6) is 5.75 Å². The summed E-state index contributed by atoms with van der Waals surface area (Å²) in [6, 6.07) is 5.93. The Morgan fingerprint density at radius 2 is 2.44 bits per heavy atom. The van der Waals surface area contributed by atoms with Crippen LogP contribution in [0.1, 0.15) is 6.42 Å². The lowest BCUT2D eigenvalue weighted by Crippen LogP contribution is -2.14. The predicted molar refractivity (Wildman–Crippen MR) is 68.1 cm³/mol. The fourth-order valence-corrected chi connectivity index (χ4v) is 2.15. The van der Waals surface area contributed by atoms with Gasteiger partial charge in [-0.15, -0.1) is 0 Å². The Morgan fingerprint density at radius 3 is 3.12 bits per heavy atom. The van der Waals surface area contributed by atoms with Gasteiger partial charge in [0.25, 0.3) is 0 Å². The summed E-state index contributed by atoms with van der Waals surface area (Å²) in [6.45, 7) is 2.71. The lowest BCUT2D eigenvalue weighted by molar-refractivity contribution is 0.187. The number of halogens is 1. The van der Waals surface area contributed by atoms with Crippen LogP contribution in [0.25, 0.3) is 0 Å². The van der Waals surface area contributed by atoms with Gasteiger partial charge in [0.1, 0.15) is 5.75 Å². The maximum Gasteiger partial charge on any atom is 0.121 e. The number of methoxy groups -OCH3 is 1. The van der Waals surface area contributed by atoms with Crippen molar-refractivity contribution in [1.29, 1.82) is 0 Å². The van der Waals surface area contributed by atoms with Crippen LogP contribution in [0.2, 0.25) is 0 Å². The maximum absolute atomic E-state index is 5.34. The summed E-state index contributed by atoms with van der Waals surface area (Å²) in [5, 5.41) is 3.42. The Bertz CT molecular complexity index is 351. The minimum Gasteiger partial charge on any atom is -0.497 e. The van der Waals surface area contributed by atoms with Crippen molar-refractivity contribution in [3.8, 4) is 5.75 Å². The highest BCUT2D eigenvalue weighted by atomic mass is 79.9. The molecule has 3 nitrogen and oxygen atoms in total. The van der Waals surface area contributed by atoms with Crippen molar-refractivity contribution in [2.24, 2.45) is 5.92 Å². The van der Waals surface area contributed by atoms with E-state index in [0.29, 0.717) is 5.92 Å². The van der Waals surface area contributed by atoms with Gasteiger partial charge in [-0.1, -0.05) is 0 Å². The minimum absolute atomic E-state index is 0.623. The molecule has 4 heteroatoms. The summed E-state index contributed by atoms with van der Waals surface area (Å²) < 4.78 is 11.6. The molecular formula is C12H16BrNO2. The van der Waals surface area contributed by atoms with Gasteiger partial charge in [-0.2, -0.15) is 0 Å². The van der Waals surface area contributed by atoms with Crippen LogP contribution in [-0.4, -0.2) is 26.9 Å². The topological polar surface area (TPSA) is 30.5 Å². The van der Waals surface area contributed by atoms with Gasteiger partial charge in [-0.25, -0.2) is 0 Å². The molecule has 0 saturated carbocycles. The number of hydrogen-bond acceptors (Lipinski definition) is 3. The molecule has 1 saturated heterocycles. The van der Waals surface area contributed by atoms with E-state index in [9.17, 15) is 0 Å². The first kappa shape index (κ1) is 11.7. The predicted octanol–water partition coefficient (Wildman–Crippen LogP) is 2.91. The van der Waals surface area contributed by atoms with Crippen molar-refractivity contribution < 1.29 is 9.47 Å². The molecular weight excluding hydrogens is 270 g/mol. The van der Waals surface area contributed by atoms with Crippen molar-refractivity contribution in [2.45, 2.75) is 6.42 Å². The summed E-state index contributed by atoms with van der Waals surface area (Å²) in [5.74, 6) is 1.49. The Balaban J connectivity index is 1.96. The smallest absolute Gasteiger partial charge is 0.121 e. The Hall–Kier alpha value is -0.740. The largest absolute Gasteiger partial charge is 0.497 e. The average Bonchev–Trinajstić information content (AvgIpc) is 2.81. The zero-order valence-electron chi connectivity index (χ0n) is 9.33. The van der Waals surface area contributed by atoms with E-state index in [2.05, 4.69) is 21.2 Å². The van der Waals surface area contributed by atoms with Crippen molar-refractivity contribution in [1.82, 2.24) is 0 Å². The Kier molecular flexibility index (Phi) is 4.07. The second-order valence-corrected chi connectivity index (χ2v) is 4.81. The number of ether oxygens (including phenoxy) is 2.